The van der Waals surface area contributed by atoms with Gasteiger partial charge in [-0.2, -0.15) is 8.42 Å². The first-order valence-electron chi connectivity index (χ1n) is 29.6. The summed E-state index contributed by atoms with van der Waals surface area (Å²) in [4.78, 5) is 13.0. The zero-order valence-corrected chi connectivity index (χ0v) is 48.1. The van der Waals surface area contributed by atoms with Gasteiger partial charge in [0.2, 0.25) is 0 Å². The summed E-state index contributed by atoms with van der Waals surface area (Å²) in [5, 5.41) is 30.9. The minimum Gasteiger partial charge on any atom is -0.457 e. The van der Waals surface area contributed by atoms with Gasteiger partial charge in [0.15, 0.2) is 6.29 Å². The molecule has 1 rings (SSSR count). The molecule has 0 spiro atoms. The van der Waals surface area contributed by atoms with E-state index in [0.29, 0.717) is 13.0 Å². The highest BCUT2D eigenvalue weighted by atomic mass is 32.3. The maximum Gasteiger partial charge on any atom is 0.397 e. The zero-order valence-electron chi connectivity index (χ0n) is 47.3. The van der Waals surface area contributed by atoms with E-state index in [1.807, 2.05) is 0 Å². The van der Waals surface area contributed by atoms with Gasteiger partial charge in [-0.25, -0.2) is 4.18 Å². The van der Waals surface area contributed by atoms with Crippen LogP contribution < -0.4 is 0 Å². The number of carbonyl (C=O) groups excluding carboxylic acids is 1. The van der Waals surface area contributed by atoms with Crippen molar-refractivity contribution in [1.29, 1.82) is 0 Å². The molecule has 13 heteroatoms. The third-order valence-electron chi connectivity index (χ3n) is 12.9. The maximum atomic E-state index is 13.0. The molecule has 1 aliphatic heterocycles. The molecule has 6 atom stereocenters. The van der Waals surface area contributed by atoms with Gasteiger partial charge in [0, 0.05) is 13.0 Å². The van der Waals surface area contributed by atoms with Crippen molar-refractivity contribution in [2.24, 2.45) is 0 Å². The van der Waals surface area contributed by atoms with Crippen LogP contribution in [0.25, 0.3) is 0 Å². The molecule has 0 saturated carbocycles. The Kier molecular flexibility index (Phi) is 48.9. The molecule has 12 nitrogen and oxygen atoms in total. The Morgan fingerprint density at radius 3 is 1.26 bits per heavy atom. The van der Waals surface area contributed by atoms with Gasteiger partial charge in [0.05, 0.1) is 19.8 Å². The van der Waals surface area contributed by atoms with Crippen molar-refractivity contribution < 1.29 is 56.2 Å². The van der Waals surface area contributed by atoms with Gasteiger partial charge in [-0.05, 0) is 96.3 Å². The van der Waals surface area contributed by atoms with E-state index in [2.05, 4.69) is 127 Å². The van der Waals surface area contributed by atoms with E-state index in [0.717, 1.165) is 116 Å². The maximum absolute atomic E-state index is 13.0. The van der Waals surface area contributed by atoms with E-state index in [4.69, 9.17) is 18.9 Å². The van der Waals surface area contributed by atoms with Gasteiger partial charge in [-0.15, -0.1) is 0 Å². The molecule has 0 aromatic carbocycles. The van der Waals surface area contributed by atoms with Gasteiger partial charge in [-0.3, -0.25) is 9.35 Å². The van der Waals surface area contributed by atoms with Crippen molar-refractivity contribution in [3.63, 3.8) is 0 Å². The summed E-state index contributed by atoms with van der Waals surface area (Å²) in [5.74, 6) is -0.413. The first kappa shape index (κ1) is 70.8. The summed E-state index contributed by atoms with van der Waals surface area (Å²) in [6.07, 6.45) is 65.5. The first-order valence-corrected chi connectivity index (χ1v) is 31.0. The van der Waals surface area contributed by atoms with Gasteiger partial charge < -0.3 is 34.3 Å². The Morgan fingerprint density at radius 1 is 0.500 bits per heavy atom. The van der Waals surface area contributed by atoms with Crippen molar-refractivity contribution in [1.82, 2.24) is 0 Å². The summed E-state index contributed by atoms with van der Waals surface area (Å²) in [6, 6.07) is 0. The van der Waals surface area contributed by atoms with E-state index >= 15 is 0 Å². The predicted octanol–water partition coefficient (Wildman–Crippen LogP) is 15.1. The van der Waals surface area contributed by atoms with E-state index in [1.165, 1.54) is 77.0 Å². The number of hydrogen-bond donors (Lipinski definition) is 4. The highest BCUT2D eigenvalue weighted by Crippen LogP contribution is 2.26. The molecule has 1 saturated heterocycles. The van der Waals surface area contributed by atoms with E-state index in [-0.39, 0.29) is 19.6 Å². The lowest BCUT2D eigenvalue weighted by Crippen LogP contribution is -2.60. The van der Waals surface area contributed by atoms with Crippen LogP contribution in [0.2, 0.25) is 0 Å². The molecule has 0 radical (unpaired) electrons. The van der Waals surface area contributed by atoms with Crippen molar-refractivity contribution in [2.75, 3.05) is 26.4 Å². The molecule has 1 heterocycles. The topological polar surface area (TPSA) is 178 Å². The van der Waals surface area contributed by atoms with Crippen LogP contribution in [0.3, 0.4) is 0 Å². The molecule has 0 bridgehead atoms. The monoisotopic (exact) mass is 1090 g/mol. The average Bonchev–Trinajstić information content (AvgIpc) is 3.40. The summed E-state index contributed by atoms with van der Waals surface area (Å²) in [5.41, 5.74) is 0. The van der Waals surface area contributed by atoms with Gasteiger partial charge in [0.25, 0.3) is 0 Å². The second-order valence-corrected chi connectivity index (χ2v) is 20.9. The minimum absolute atomic E-state index is 0.0243. The molecule has 6 unspecified atom stereocenters. The van der Waals surface area contributed by atoms with Gasteiger partial charge in [-0.1, -0.05) is 226 Å². The standard InChI is InChI=1S/C63H106O12S/c1-3-5-7-9-11-13-15-17-19-21-23-25-27-28-29-31-33-35-37-39-41-43-45-47-49-51-53-71-55-57(56-72-63-61(67)62(75-76(68,69)70)60(66)58(54-64)74-63)73-59(65)52-50-48-46-44-42-40-38-36-34-32-30-26-24-22-20-18-16-14-12-10-8-6-4-2/h5-8,11-14,17-20,23-26,32,34,57-58,60-64,66-67H,3-4,9-10,15-16,21-22,27-31,33,35-56H2,1-2H3,(H,68,69,70)/b7-5-,8-6-,13-11-,14-12-,19-17-,20-18-,25-23-,26-24-,34-32-. The molecule has 0 aromatic heterocycles. The Hall–Kier alpha value is -3.24. The van der Waals surface area contributed by atoms with Gasteiger partial charge >= 0.3 is 16.4 Å². The second kappa shape index (κ2) is 52.5. The minimum atomic E-state index is -5.08. The van der Waals surface area contributed by atoms with Crippen LogP contribution in [0.15, 0.2) is 109 Å². The predicted molar refractivity (Wildman–Crippen MR) is 312 cm³/mol. The zero-order chi connectivity index (χ0) is 55.3. The van der Waals surface area contributed by atoms with Crippen LogP contribution in [0.1, 0.15) is 219 Å². The van der Waals surface area contributed by atoms with E-state index in [9.17, 15) is 33.1 Å². The highest BCUT2D eigenvalue weighted by molar-refractivity contribution is 7.80. The summed E-state index contributed by atoms with van der Waals surface area (Å²) >= 11 is 0. The van der Waals surface area contributed by atoms with Crippen LogP contribution in [0, 0.1) is 0 Å². The molecular weight excluding hydrogens is 981 g/mol. The smallest absolute Gasteiger partial charge is 0.397 e. The molecule has 1 aliphatic rings. The molecule has 1 fully saturated rings. The van der Waals surface area contributed by atoms with Crippen LogP contribution >= 0.6 is 0 Å². The number of esters is 1. The normalized spacial score (nSPS) is 19.4. The molecule has 4 N–H and O–H groups in total. The number of carbonyl (C=O) groups is 1. The lowest BCUT2D eigenvalue weighted by molar-refractivity contribution is -0.301. The average molecular weight is 1090 g/mol. The number of aliphatic hydroxyl groups is 3. The number of unbranched alkanes of at least 4 members (excludes halogenated alkanes) is 20. The molecule has 76 heavy (non-hydrogen) atoms. The van der Waals surface area contributed by atoms with Crippen molar-refractivity contribution in [3.8, 4) is 0 Å². The fraction of sp³-hybridized carbons (Fsp3) is 0.698. The van der Waals surface area contributed by atoms with Gasteiger partial charge in [0.1, 0.15) is 30.5 Å². The van der Waals surface area contributed by atoms with E-state index < -0.39 is 59.8 Å². The largest absolute Gasteiger partial charge is 0.457 e. The molecule has 0 aliphatic carbocycles. The van der Waals surface area contributed by atoms with Crippen LogP contribution in [-0.4, -0.2) is 97.5 Å². The number of hydrogen-bond acceptors (Lipinski definition) is 11. The number of ether oxygens (including phenoxy) is 4. The van der Waals surface area contributed by atoms with Crippen molar-refractivity contribution in [3.05, 3.63) is 109 Å². The number of allylic oxidation sites excluding steroid dienone is 18. The molecule has 0 aromatic rings. The van der Waals surface area contributed by atoms with Crippen molar-refractivity contribution >= 4 is 16.4 Å². The number of rotatable bonds is 51. The van der Waals surface area contributed by atoms with Crippen LogP contribution in [-0.2, 0) is 38.3 Å². The fourth-order valence-electron chi connectivity index (χ4n) is 8.52. The molecular formula is C63H106O12S. The summed E-state index contributed by atoms with van der Waals surface area (Å²) in [6.45, 7) is 3.76. The highest BCUT2D eigenvalue weighted by Gasteiger charge is 2.48. The summed E-state index contributed by atoms with van der Waals surface area (Å²) in [7, 11) is -5.08. The SMILES string of the molecule is CC/C=C\C/C=C\C/C=C\C/C=C\C/C=C\CCCCCCCCCC(=O)OC(COCCCCCCCCCCCCCCC/C=C\C/C=C\C/C=C\C/C=C\CC)COC1OC(CO)C(O)C(OS(=O)(=O)O)C1O. The Labute approximate surface area is 462 Å². The number of aliphatic hydroxyl groups excluding tert-OH is 3. The third kappa shape index (κ3) is 44.7. The second-order valence-electron chi connectivity index (χ2n) is 19.8. The van der Waals surface area contributed by atoms with Crippen LogP contribution in [0.4, 0.5) is 0 Å². The third-order valence-corrected chi connectivity index (χ3v) is 13.4. The molecule has 0 amide bonds. The Bertz CT molecular complexity index is 1730. The first-order chi connectivity index (χ1) is 37.1. The fourth-order valence-corrected chi connectivity index (χ4v) is 9.02. The summed E-state index contributed by atoms with van der Waals surface area (Å²) < 4.78 is 59.5. The van der Waals surface area contributed by atoms with Crippen molar-refractivity contribution in [2.45, 2.75) is 256 Å². The van der Waals surface area contributed by atoms with Crippen LogP contribution in [0.5, 0.6) is 0 Å². The molecule has 436 valence electrons. The Balaban J connectivity index is 2.30. The lowest BCUT2D eigenvalue weighted by Gasteiger charge is -2.41. The quantitative estimate of drug-likeness (QED) is 0.0196. The van der Waals surface area contributed by atoms with E-state index in [1.54, 1.807) is 0 Å². The Morgan fingerprint density at radius 2 is 0.868 bits per heavy atom. The lowest BCUT2D eigenvalue weighted by atomic mass is 9.99.